The van der Waals surface area contributed by atoms with Crippen molar-refractivity contribution in [3.63, 3.8) is 0 Å². The number of halogens is 1. The highest BCUT2D eigenvalue weighted by molar-refractivity contribution is 9.10. The molecule has 21 heavy (non-hydrogen) atoms. The number of hydrogen-bond acceptors (Lipinski definition) is 6. The van der Waals surface area contributed by atoms with Crippen molar-refractivity contribution in [2.45, 2.75) is 6.92 Å². The van der Waals surface area contributed by atoms with Crippen LogP contribution in [0.3, 0.4) is 0 Å². The minimum Gasteiger partial charge on any atom is -0.463 e. The smallest absolute Gasteiger partial charge is 0.337 e. The minimum absolute atomic E-state index is 0.105. The molecule has 2 rings (SSSR count). The third kappa shape index (κ3) is 4.31. The first-order valence-electron chi connectivity index (χ1n) is 5.97. The molecule has 0 saturated heterocycles. The van der Waals surface area contributed by atoms with Gasteiger partial charge in [-0.3, -0.25) is 14.9 Å². The van der Waals surface area contributed by atoms with Gasteiger partial charge in [-0.05, 0) is 35.0 Å². The number of nitrogens with one attached hydrogen (secondary N) is 3. The summed E-state index contributed by atoms with van der Waals surface area (Å²) in [4.78, 5) is 27.1. The van der Waals surface area contributed by atoms with Gasteiger partial charge in [-0.25, -0.2) is 5.10 Å². The van der Waals surface area contributed by atoms with Crippen molar-refractivity contribution in [2.75, 3.05) is 18.5 Å². The molecule has 2 heterocycles. The average Bonchev–Trinajstić information content (AvgIpc) is 3.06. The van der Waals surface area contributed by atoms with Gasteiger partial charge in [0.25, 0.3) is 5.91 Å². The lowest BCUT2D eigenvalue weighted by atomic mass is 10.4. The zero-order valence-corrected chi connectivity index (χ0v) is 12.6. The van der Waals surface area contributed by atoms with Crippen LogP contribution in [-0.4, -0.2) is 40.1 Å². The van der Waals surface area contributed by atoms with E-state index in [2.05, 4.69) is 41.7 Å². The van der Waals surface area contributed by atoms with Crippen molar-refractivity contribution in [3.05, 3.63) is 22.6 Å². The standard InChI is InChI=1S/C11H12BrN5O4/c1-2-20-11-15-10(16-17-11)14-8(18)5-13-9(19)6-3-4-7(12)21-6/h3-4H,2,5H2,1H3,(H,13,19)(H2,14,15,16,17,18). The van der Waals surface area contributed by atoms with Crippen LogP contribution in [0.4, 0.5) is 5.95 Å². The molecule has 0 radical (unpaired) electrons. The zero-order chi connectivity index (χ0) is 15.2. The Hall–Kier alpha value is -2.36. The summed E-state index contributed by atoms with van der Waals surface area (Å²) in [6.07, 6.45) is 0. The first-order valence-corrected chi connectivity index (χ1v) is 6.76. The molecule has 0 aliphatic rings. The fourth-order valence-corrected chi connectivity index (χ4v) is 1.66. The highest BCUT2D eigenvalue weighted by atomic mass is 79.9. The number of rotatable bonds is 6. The number of furan rings is 1. The van der Waals surface area contributed by atoms with Crippen LogP contribution in [0.2, 0.25) is 0 Å². The monoisotopic (exact) mass is 357 g/mol. The molecule has 2 aromatic rings. The number of aromatic amines is 1. The molecule has 9 nitrogen and oxygen atoms in total. The van der Waals surface area contributed by atoms with Gasteiger partial charge >= 0.3 is 6.01 Å². The number of hydrogen-bond donors (Lipinski definition) is 3. The van der Waals surface area contributed by atoms with Gasteiger partial charge in [-0.2, -0.15) is 4.98 Å². The molecular formula is C11H12BrN5O4. The Morgan fingerprint density at radius 1 is 1.48 bits per heavy atom. The Bertz CT molecular complexity index is 638. The lowest BCUT2D eigenvalue weighted by Crippen LogP contribution is -2.32. The Balaban J connectivity index is 1.80. The highest BCUT2D eigenvalue weighted by Gasteiger charge is 2.13. The molecule has 2 aromatic heterocycles. The van der Waals surface area contributed by atoms with E-state index in [1.807, 2.05) is 0 Å². The summed E-state index contributed by atoms with van der Waals surface area (Å²) in [5.74, 6) is -0.719. The van der Waals surface area contributed by atoms with Crippen LogP contribution in [-0.2, 0) is 4.79 Å². The SMILES string of the molecule is CCOc1n[nH]c(NC(=O)CNC(=O)c2ccc(Br)o2)n1. The van der Waals surface area contributed by atoms with E-state index in [1.54, 1.807) is 13.0 Å². The second-order valence-corrected chi connectivity index (χ2v) is 4.52. The Morgan fingerprint density at radius 3 is 2.95 bits per heavy atom. The van der Waals surface area contributed by atoms with E-state index in [9.17, 15) is 9.59 Å². The van der Waals surface area contributed by atoms with Crippen LogP contribution in [0.1, 0.15) is 17.5 Å². The summed E-state index contributed by atoms with van der Waals surface area (Å²) < 4.78 is 10.5. The number of nitrogens with zero attached hydrogens (tertiary/aromatic N) is 2. The summed E-state index contributed by atoms with van der Waals surface area (Å²) in [7, 11) is 0. The van der Waals surface area contributed by atoms with Crippen molar-refractivity contribution in [3.8, 4) is 6.01 Å². The molecule has 0 aromatic carbocycles. The molecule has 0 unspecified atom stereocenters. The minimum atomic E-state index is -0.497. The number of anilines is 1. The van der Waals surface area contributed by atoms with E-state index in [1.165, 1.54) is 6.07 Å². The summed E-state index contributed by atoms with van der Waals surface area (Å²) in [5.41, 5.74) is 0. The third-order valence-electron chi connectivity index (χ3n) is 2.20. The fourth-order valence-electron chi connectivity index (χ4n) is 1.36. The first-order chi connectivity index (χ1) is 10.1. The van der Waals surface area contributed by atoms with Crippen molar-refractivity contribution in [1.29, 1.82) is 0 Å². The Morgan fingerprint density at radius 2 is 2.29 bits per heavy atom. The van der Waals surface area contributed by atoms with Crippen LogP contribution < -0.4 is 15.4 Å². The van der Waals surface area contributed by atoms with Gasteiger partial charge in [0, 0.05) is 0 Å². The topological polar surface area (TPSA) is 122 Å². The van der Waals surface area contributed by atoms with Crippen molar-refractivity contribution >= 4 is 33.7 Å². The molecule has 0 aliphatic carbocycles. The first kappa shape index (κ1) is 15.0. The van der Waals surface area contributed by atoms with Crippen LogP contribution in [0.5, 0.6) is 6.01 Å². The van der Waals surface area contributed by atoms with Gasteiger partial charge < -0.3 is 14.5 Å². The second kappa shape index (κ2) is 6.88. The predicted molar refractivity (Wildman–Crippen MR) is 74.9 cm³/mol. The summed E-state index contributed by atoms with van der Waals surface area (Å²) in [6.45, 7) is 1.97. The largest absolute Gasteiger partial charge is 0.463 e. The van der Waals surface area contributed by atoms with E-state index in [0.717, 1.165) is 0 Å². The number of aromatic nitrogens is 3. The van der Waals surface area contributed by atoms with Crippen LogP contribution in [0.15, 0.2) is 21.2 Å². The van der Waals surface area contributed by atoms with Crippen molar-refractivity contribution < 1.29 is 18.7 Å². The third-order valence-corrected chi connectivity index (χ3v) is 2.63. The lowest BCUT2D eigenvalue weighted by molar-refractivity contribution is -0.115. The van der Waals surface area contributed by atoms with Crippen LogP contribution >= 0.6 is 15.9 Å². The average molecular weight is 358 g/mol. The number of ether oxygens (including phenoxy) is 1. The van der Waals surface area contributed by atoms with Gasteiger partial charge in [-0.1, -0.05) is 0 Å². The maximum Gasteiger partial charge on any atom is 0.337 e. The normalized spacial score (nSPS) is 10.2. The summed E-state index contributed by atoms with van der Waals surface area (Å²) >= 11 is 3.08. The van der Waals surface area contributed by atoms with Crippen LogP contribution in [0, 0.1) is 0 Å². The Labute approximate surface area is 127 Å². The van der Waals surface area contributed by atoms with Crippen LogP contribution in [0.25, 0.3) is 0 Å². The van der Waals surface area contributed by atoms with E-state index in [4.69, 9.17) is 9.15 Å². The van der Waals surface area contributed by atoms with Gasteiger partial charge in [-0.15, -0.1) is 5.10 Å². The van der Waals surface area contributed by atoms with Crippen molar-refractivity contribution in [2.24, 2.45) is 0 Å². The van der Waals surface area contributed by atoms with Gasteiger partial charge in [0.05, 0.1) is 13.2 Å². The molecule has 0 saturated carbocycles. The van der Waals surface area contributed by atoms with Gasteiger partial charge in [0.2, 0.25) is 11.9 Å². The molecule has 0 aliphatic heterocycles. The predicted octanol–water partition coefficient (Wildman–Crippen LogP) is 0.927. The zero-order valence-electron chi connectivity index (χ0n) is 11.0. The molecule has 2 amide bonds. The molecule has 112 valence electrons. The summed E-state index contributed by atoms with van der Waals surface area (Å²) in [5, 5.41) is 11.0. The highest BCUT2D eigenvalue weighted by Crippen LogP contribution is 2.13. The lowest BCUT2D eigenvalue weighted by Gasteiger charge is -2.02. The maximum absolute atomic E-state index is 11.6. The van der Waals surface area contributed by atoms with E-state index < -0.39 is 11.8 Å². The van der Waals surface area contributed by atoms with E-state index in [0.29, 0.717) is 11.3 Å². The molecular weight excluding hydrogens is 346 g/mol. The second-order valence-electron chi connectivity index (χ2n) is 3.73. The molecule has 0 bridgehead atoms. The molecule has 0 fully saturated rings. The number of amides is 2. The fraction of sp³-hybridized carbons (Fsp3) is 0.273. The van der Waals surface area contributed by atoms with Gasteiger partial charge in [0.15, 0.2) is 10.4 Å². The molecule has 0 spiro atoms. The van der Waals surface area contributed by atoms with E-state index in [-0.39, 0.29) is 24.3 Å². The molecule has 3 N–H and O–H groups in total. The van der Waals surface area contributed by atoms with Gasteiger partial charge in [0.1, 0.15) is 0 Å². The number of H-pyrrole nitrogens is 1. The number of carbonyl (C=O) groups is 2. The molecule has 10 heteroatoms. The van der Waals surface area contributed by atoms with E-state index >= 15 is 0 Å². The van der Waals surface area contributed by atoms with Crippen molar-refractivity contribution in [1.82, 2.24) is 20.5 Å². The maximum atomic E-state index is 11.6. The number of carbonyl (C=O) groups excluding carboxylic acids is 2. The Kier molecular flexibility index (Phi) is 4.93. The summed E-state index contributed by atoms with van der Waals surface area (Å²) in [6, 6.07) is 3.21. The quantitative estimate of drug-likeness (QED) is 0.706. The molecule has 0 atom stereocenters.